The molecule has 0 N–H and O–H groups in total. The van der Waals surface area contributed by atoms with Crippen LogP contribution in [-0.4, -0.2) is 12.4 Å². The van der Waals surface area contributed by atoms with Crippen molar-refractivity contribution in [3.63, 3.8) is 0 Å². The van der Waals surface area contributed by atoms with Crippen LogP contribution >= 0.6 is 0 Å². The fourth-order valence-corrected chi connectivity index (χ4v) is 0.249. The summed E-state index contributed by atoms with van der Waals surface area (Å²) in [5.74, 6) is -7.54. The second kappa shape index (κ2) is 2.91. The third-order valence-electron chi connectivity index (χ3n) is 0.690. The van der Waals surface area contributed by atoms with Gasteiger partial charge in [-0.15, -0.1) is 0 Å². The van der Waals surface area contributed by atoms with E-state index < -0.39 is 24.0 Å². The van der Waals surface area contributed by atoms with Gasteiger partial charge in [0.05, 0.1) is 0 Å². The van der Waals surface area contributed by atoms with Crippen LogP contribution in [0.4, 0.5) is 35.1 Å². The van der Waals surface area contributed by atoms with Crippen LogP contribution < -0.4 is 0 Å². The molecule has 0 aromatic carbocycles. The first-order valence-corrected chi connectivity index (χ1v) is 2.26. The van der Waals surface area contributed by atoms with E-state index in [0.717, 1.165) is 0 Å². The van der Waals surface area contributed by atoms with Crippen molar-refractivity contribution in [2.24, 2.45) is 0 Å². The smallest absolute Gasteiger partial charge is 0.198 e. The lowest BCUT2D eigenvalue weighted by Gasteiger charge is -2.07. The zero-order chi connectivity index (χ0) is 10.2. The Bertz CT molecular complexity index is 170. The van der Waals surface area contributed by atoms with Crippen LogP contribution in [0.1, 0.15) is 0 Å². The Morgan fingerprint density at radius 3 is 0.833 bits per heavy atom. The summed E-state index contributed by atoms with van der Waals surface area (Å²) in [6.45, 7) is 0. The molecule has 0 bridgehead atoms. The molecule has 0 aliphatic rings. The minimum atomic E-state index is -5.94. The highest BCUT2D eigenvalue weighted by Crippen LogP contribution is 2.37. The van der Waals surface area contributed by atoms with Gasteiger partial charge in [-0.05, 0) is 0 Å². The Balaban J connectivity index is 4.96. The van der Waals surface area contributed by atoms with E-state index in [1.54, 1.807) is 0 Å². The summed E-state index contributed by atoms with van der Waals surface area (Å²) in [6.07, 6.45) is -11.9. The molecule has 0 aliphatic heterocycles. The molecule has 72 valence electrons. The van der Waals surface area contributed by atoms with Crippen LogP contribution in [0.2, 0.25) is 0 Å². The summed E-state index contributed by atoms with van der Waals surface area (Å²) in [7, 11) is 0. The minimum Gasteiger partial charge on any atom is -0.198 e. The summed E-state index contributed by atoms with van der Waals surface area (Å²) >= 11 is 0. The molecule has 0 atom stereocenters. The number of allylic oxidation sites excluding steroid dienone is 2. The fraction of sp³-hybridized carbons (Fsp3) is 0.500. The molecular weight excluding hydrogens is 200 g/mol. The molecule has 12 heavy (non-hydrogen) atoms. The first-order chi connectivity index (χ1) is 5.07. The lowest BCUT2D eigenvalue weighted by Crippen LogP contribution is -2.17. The van der Waals surface area contributed by atoms with E-state index in [4.69, 9.17) is 0 Å². The summed E-state index contributed by atoms with van der Waals surface area (Å²) < 4.78 is 89.3. The van der Waals surface area contributed by atoms with Gasteiger partial charge >= 0.3 is 12.4 Å². The number of hydrogen-bond acceptors (Lipinski definition) is 0. The van der Waals surface area contributed by atoms with Crippen LogP contribution in [0.15, 0.2) is 11.7 Å². The molecule has 0 saturated heterocycles. The first-order valence-electron chi connectivity index (χ1n) is 2.26. The number of alkyl halides is 6. The maximum absolute atomic E-state index is 11.5. The van der Waals surface area contributed by atoms with Crippen molar-refractivity contribution in [3.8, 4) is 0 Å². The van der Waals surface area contributed by atoms with Crippen LogP contribution in [0.5, 0.6) is 0 Å². The van der Waals surface area contributed by atoms with Crippen molar-refractivity contribution in [1.29, 1.82) is 0 Å². The highest BCUT2D eigenvalue weighted by Gasteiger charge is 2.47. The monoisotopic (exact) mass is 200 g/mol. The zero-order valence-corrected chi connectivity index (χ0v) is 5.02. The lowest BCUT2D eigenvalue weighted by atomic mass is 10.4. The highest BCUT2D eigenvalue weighted by atomic mass is 19.4. The molecule has 0 radical (unpaired) electrons. The molecule has 0 fully saturated rings. The molecule has 0 spiro atoms. The van der Waals surface area contributed by atoms with Gasteiger partial charge in [0.25, 0.3) is 0 Å². The summed E-state index contributed by atoms with van der Waals surface area (Å²) in [5.41, 5.74) is 0. The minimum absolute atomic E-state index is 3.77. The number of rotatable bonds is 0. The van der Waals surface area contributed by atoms with Gasteiger partial charge in [0.1, 0.15) is 0 Å². The Labute approximate surface area is 60.5 Å². The van der Waals surface area contributed by atoms with Crippen LogP contribution in [0.3, 0.4) is 0 Å². The molecule has 0 aromatic heterocycles. The van der Waals surface area contributed by atoms with Gasteiger partial charge in [-0.25, -0.2) is 0 Å². The highest BCUT2D eigenvalue weighted by molar-refractivity contribution is 5.10. The van der Waals surface area contributed by atoms with Gasteiger partial charge in [0, 0.05) is 0 Å². The maximum atomic E-state index is 11.5. The zero-order valence-electron chi connectivity index (χ0n) is 5.02. The van der Waals surface area contributed by atoms with Gasteiger partial charge in [0.15, 0.2) is 0 Å². The van der Waals surface area contributed by atoms with E-state index in [9.17, 15) is 35.1 Å². The molecule has 0 aliphatic carbocycles. The van der Waals surface area contributed by atoms with Gasteiger partial charge in [-0.3, -0.25) is 0 Å². The average molecular weight is 200 g/mol. The van der Waals surface area contributed by atoms with Crippen LogP contribution in [0.25, 0.3) is 0 Å². The van der Waals surface area contributed by atoms with E-state index >= 15 is 0 Å². The van der Waals surface area contributed by atoms with Gasteiger partial charge < -0.3 is 0 Å². The SMILES string of the molecule is FC(=C(F)C(F)(F)F)C(F)(F)F. The van der Waals surface area contributed by atoms with Gasteiger partial charge in [-0.2, -0.15) is 35.1 Å². The molecule has 0 saturated carbocycles. The van der Waals surface area contributed by atoms with E-state index in [2.05, 4.69) is 0 Å². The van der Waals surface area contributed by atoms with Crippen molar-refractivity contribution in [2.75, 3.05) is 0 Å². The third kappa shape index (κ3) is 2.67. The Morgan fingerprint density at radius 2 is 0.750 bits per heavy atom. The molecule has 0 aromatic rings. The number of hydrogen-bond donors (Lipinski definition) is 0. The molecule has 0 unspecified atom stereocenters. The molecule has 0 nitrogen and oxygen atoms in total. The fourth-order valence-electron chi connectivity index (χ4n) is 0.249. The predicted octanol–water partition coefficient (Wildman–Crippen LogP) is 3.26. The maximum Gasteiger partial charge on any atom is 0.445 e. The van der Waals surface area contributed by atoms with Crippen LogP contribution in [-0.2, 0) is 0 Å². The molecule has 8 heteroatoms. The quantitative estimate of drug-likeness (QED) is 0.526. The Morgan fingerprint density at radius 1 is 0.583 bits per heavy atom. The van der Waals surface area contributed by atoms with E-state index in [1.807, 2.05) is 0 Å². The van der Waals surface area contributed by atoms with Crippen molar-refractivity contribution in [1.82, 2.24) is 0 Å². The topological polar surface area (TPSA) is 0 Å². The van der Waals surface area contributed by atoms with Crippen molar-refractivity contribution in [3.05, 3.63) is 11.7 Å². The van der Waals surface area contributed by atoms with E-state index in [0.29, 0.717) is 0 Å². The second-order valence-corrected chi connectivity index (χ2v) is 1.62. The normalized spacial score (nSPS) is 16.0. The predicted molar refractivity (Wildman–Crippen MR) is 21.4 cm³/mol. The second-order valence-electron chi connectivity index (χ2n) is 1.62. The third-order valence-corrected chi connectivity index (χ3v) is 0.690. The van der Waals surface area contributed by atoms with Crippen molar-refractivity contribution in [2.45, 2.75) is 12.4 Å². The molecule has 0 rings (SSSR count). The Hall–Kier alpha value is -0.820. The Kier molecular flexibility index (Phi) is 2.71. The molecule has 0 amide bonds. The standard InChI is InChI=1S/C4F8/c5-1(3(7,8)9)2(6)4(10,11)12. The van der Waals surface area contributed by atoms with Gasteiger partial charge in [-0.1, -0.05) is 0 Å². The van der Waals surface area contributed by atoms with Crippen molar-refractivity contribution < 1.29 is 35.1 Å². The number of halogens is 8. The largest absolute Gasteiger partial charge is 0.445 e. The van der Waals surface area contributed by atoms with E-state index in [1.165, 1.54) is 0 Å². The lowest BCUT2D eigenvalue weighted by molar-refractivity contribution is -0.139. The van der Waals surface area contributed by atoms with Crippen LogP contribution in [0, 0.1) is 0 Å². The first kappa shape index (κ1) is 11.2. The van der Waals surface area contributed by atoms with Gasteiger partial charge in [0.2, 0.25) is 11.7 Å². The summed E-state index contributed by atoms with van der Waals surface area (Å²) in [4.78, 5) is 0. The summed E-state index contributed by atoms with van der Waals surface area (Å²) in [5, 5.41) is 0. The summed E-state index contributed by atoms with van der Waals surface area (Å²) in [6, 6.07) is 0. The molecular formula is C4F8. The average Bonchev–Trinajstić information content (AvgIpc) is 1.80. The molecule has 0 heterocycles. The van der Waals surface area contributed by atoms with Crippen molar-refractivity contribution >= 4 is 0 Å². The van der Waals surface area contributed by atoms with E-state index in [-0.39, 0.29) is 0 Å².